The van der Waals surface area contributed by atoms with Gasteiger partial charge in [0.05, 0.1) is 0 Å². The topological polar surface area (TPSA) is 0 Å². The van der Waals surface area contributed by atoms with Gasteiger partial charge in [-0.25, -0.2) is 4.39 Å². The van der Waals surface area contributed by atoms with Gasteiger partial charge in [-0.3, -0.25) is 0 Å². The van der Waals surface area contributed by atoms with Gasteiger partial charge in [-0.1, -0.05) is 19.1 Å². The third-order valence-electron chi connectivity index (χ3n) is 1.71. The van der Waals surface area contributed by atoms with Crippen LogP contribution in [-0.2, 0) is 0 Å². The maximum absolute atomic E-state index is 12.5. The first-order valence-corrected chi connectivity index (χ1v) is 7.93. The number of rotatable bonds is 2. The summed E-state index contributed by atoms with van der Waals surface area (Å²) < 4.78 is 12.5. The van der Waals surface area contributed by atoms with Crippen LogP contribution < -0.4 is 5.19 Å². The van der Waals surface area contributed by atoms with Gasteiger partial charge in [0.1, 0.15) is 5.82 Å². The zero-order chi connectivity index (χ0) is 9.19. The van der Waals surface area contributed by atoms with Crippen LogP contribution in [0.1, 0.15) is 6.92 Å². The fraction of sp³-hybridized carbons (Fsp3) is 0.250. The summed E-state index contributed by atoms with van der Waals surface area (Å²) in [5.74, 6) is -0.256. The van der Waals surface area contributed by atoms with Crippen LogP contribution in [-0.4, -0.2) is 6.69 Å². The molecule has 12 heavy (non-hydrogen) atoms. The molecule has 0 aliphatic rings. The molecule has 0 unspecified atom stereocenters. The largest absolute Gasteiger partial charge is 0.280 e. The Morgan fingerprint density at radius 3 is 2.17 bits per heavy atom. The van der Waals surface area contributed by atoms with Crippen LogP contribution in [0.5, 0.6) is 0 Å². The summed E-state index contributed by atoms with van der Waals surface area (Å²) in [5, 5.41) is 0.870. The summed E-state index contributed by atoms with van der Waals surface area (Å²) in [6, 6.07) is 6.83. The van der Waals surface area contributed by atoms with E-state index in [4.69, 9.17) is 22.2 Å². The highest BCUT2D eigenvalue weighted by Crippen LogP contribution is 2.19. The fourth-order valence-electron chi connectivity index (χ4n) is 0.898. The molecule has 0 N–H and O–H groups in total. The van der Waals surface area contributed by atoms with E-state index in [-0.39, 0.29) is 5.82 Å². The number of hydrogen-bond donors (Lipinski definition) is 0. The van der Waals surface area contributed by atoms with Crippen molar-refractivity contribution in [1.29, 1.82) is 0 Å². The van der Waals surface area contributed by atoms with Crippen LogP contribution in [0.15, 0.2) is 24.3 Å². The molecule has 0 aliphatic carbocycles. The number of benzene rings is 1. The van der Waals surface area contributed by atoms with Crippen molar-refractivity contribution in [2.45, 2.75) is 13.0 Å². The average molecular weight is 223 g/mol. The molecule has 0 radical (unpaired) electrons. The lowest BCUT2D eigenvalue weighted by atomic mass is 10.3. The molecule has 0 aromatic heterocycles. The molecule has 1 rings (SSSR count). The van der Waals surface area contributed by atoms with Gasteiger partial charge < -0.3 is 0 Å². The summed E-state index contributed by atoms with van der Waals surface area (Å²) in [6.07, 6.45) is 0. The molecule has 1 aromatic rings. The summed E-state index contributed by atoms with van der Waals surface area (Å²) in [4.78, 5) is 0. The molecule has 4 heteroatoms. The minimum Gasteiger partial charge on any atom is -0.207 e. The van der Waals surface area contributed by atoms with Crippen molar-refractivity contribution in [2.24, 2.45) is 0 Å². The Hall–Kier alpha value is -0.0531. The second-order valence-electron chi connectivity index (χ2n) is 2.56. The van der Waals surface area contributed by atoms with Crippen molar-refractivity contribution >= 4 is 34.0 Å². The van der Waals surface area contributed by atoms with Gasteiger partial charge in [-0.05, 0) is 23.4 Å². The Morgan fingerprint density at radius 1 is 1.25 bits per heavy atom. The Morgan fingerprint density at radius 2 is 1.75 bits per heavy atom. The quantitative estimate of drug-likeness (QED) is 0.534. The van der Waals surface area contributed by atoms with Crippen LogP contribution in [0.4, 0.5) is 4.39 Å². The highest BCUT2D eigenvalue weighted by atomic mass is 35.7. The lowest BCUT2D eigenvalue weighted by Crippen LogP contribution is -2.35. The zero-order valence-electron chi connectivity index (χ0n) is 6.65. The summed E-state index contributed by atoms with van der Waals surface area (Å²) in [6.45, 7) is -0.358. The predicted octanol–water partition coefficient (Wildman–Crippen LogP) is 2.97. The van der Waals surface area contributed by atoms with E-state index in [1.807, 2.05) is 6.92 Å². The molecule has 0 saturated carbocycles. The van der Waals surface area contributed by atoms with Crippen LogP contribution in [0, 0.1) is 5.82 Å². The third-order valence-corrected chi connectivity index (χ3v) is 6.69. The van der Waals surface area contributed by atoms with Gasteiger partial charge in [0.15, 0.2) is 0 Å². The van der Waals surface area contributed by atoms with Gasteiger partial charge in [0, 0.05) is 0 Å². The van der Waals surface area contributed by atoms with E-state index in [0.29, 0.717) is 0 Å². The van der Waals surface area contributed by atoms with Crippen LogP contribution in [0.25, 0.3) is 0 Å². The lowest BCUT2D eigenvalue weighted by molar-refractivity contribution is 0.628. The van der Waals surface area contributed by atoms with Crippen molar-refractivity contribution in [3.05, 3.63) is 30.1 Å². The van der Waals surface area contributed by atoms with E-state index in [9.17, 15) is 4.39 Å². The van der Waals surface area contributed by atoms with E-state index >= 15 is 0 Å². The highest BCUT2D eigenvalue weighted by Gasteiger charge is 2.28. The highest BCUT2D eigenvalue weighted by molar-refractivity contribution is 7.50. The summed E-state index contributed by atoms with van der Waals surface area (Å²) >= 11 is 12.2. The Bertz CT molecular complexity index is 258. The molecule has 1 aromatic carbocycles. The molecule has 0 saturated heterocycles. The monoisotopic (exact) mass is 222 g/mol. The van der Waals surface area contributed by atoms with Crippen LogP contribution >= 0.6 is 22.2 Å². The summed E-state index contributed by atoms with van der Waals surface area (Å²) in [5.41, 5.74) is 0. The average Bonchev–Trinajstić information content (AvgIpc) is 2.05. The van der Waals surface area contributed by atoms with Gasteiger partial charge >= 0.3 is 0 Å². The van der Waals surface area contributed by atoms with Crippen molar-refractivity contribution in [1.82, 2.24) is 0 Å². The Labute approximate surface area is 81.7 Å². The first kappa shape index (κ1) is 10.0. The first-order chi connectivity index (χ1) is 5.56. The molecule has 0 bridgehead atoms. The number of hydrogen-bond acceptors (Lipinski definition) is 0. The molecule has 0 amide bonds. The molecule has 66 valence electrons. The predicted molar refractivity (Wildman–Crippen MR) is 54.0 cm³/mol. The molecule has 0 atom stereocenters. The lowest BCUT2D eigenvalue weighted by Gasteiger charge is -2.13. The molecule has 0 nitrogen and oxygen atoms in total. The number of halogens is 3. The molecule has 0 heterocycles. The van der Waals surface area contributed by atoms with Gasteiger partial charge in [0.2, 0.25) is 0 Å². The van der Waals surface area contributed by atoms with E-state index in [0.717, 1.165) is 11.2 Å². The van der Waals surface area contributed by atoms with Crippen molar-refractivity contribution in [3.63, 3.8) is 0 Å². The molecular formula is C8H9Cl2FSi. The zero-order valence-corrected chi connectivity index (χ0v) is 9.16. The van der Waals surface area contributed by atoms with Gasteiger partial charge in [-0.2, -0.15) is 0 Å². The third kappa shape index (κ3) is 2.22. The van der Waals surface area contributed by atoms with Gasteiger partial charge in [0.25, 0.3) is 6.69 Å². The summed E-state index contributed by atoms with van der Waals surface area (Å²) in [7, 11) is 0. The fourth-order valence-corrected chi connectivity index (χ4v) is 2.72. The minimum absolute atomic E-state index is 0.256. The second kappa shape index (κ2) is 3.77. The van der Waals surface area contributed by atoms with E-state index in [2.05, 4.69) is 0 Å². The van der Waals surface area contributed by atoms with Crippen molar-refractivity contribution in [2.75, 3.05) is 0 Å². The Kier molecular flexibility index (Phi) is 3.15. The Balaban J connectivity index is 2.96. The van der Waals surface area contributed by atoms with E-state index in [1.165, 1.54) is 12.1 Å². The van der Waals surface area contributed by atoms with E-state index < -0.39 is 6.69 Å². The standard InChI is InChI=1S/C8H9Cl2FSi/c1-2-12(9,10)8-5-3-7(11)4-6-8/h3-6H,2H2,1H3. The maximum atomic E-state index is 12.5. The van der Waals surface area contributed by atoms with E-state index in [1.54, 1.807) is 12.1 Å². The maximum Gasteiger partial charge on any atom is 0.280 e. The van der Waals surface area contributed by atoms with Gasteiger partial charge in [-0.15, -0.1) is 22.2 Å². The first-order valence-electron chi connectivity index (χ1n) is 3.70. The molecular weight excluding hydrogens is 214 g/mol. The van der Waals surface area contributed by atoms with Crippen LogP contribution in [0.2, 0.25) is 6.04 Å². The SMILES string of the molecule is CC[Si](Cl)(Cl)c1ccc(F)cc1. The molecule has 0 aliphatic heterocycles. The molecule has 0 fully saturated rings. The second-order valence-corrected chi connectivity index (χ2v) is 9.71. The minimum atomic E-state index is -2.30. The van der Waals surface area contributed by atoms with Crippen molar-refractivity contribution < 1.29 is 4.39 Å². The van der Waals surface area contributed by atoms with Crippen molar-refractivity contribution in [3.8, 4) is 0 Å². The smallest absolute Gasteiger partial charge is 0.207 e. The molecule has 0 spiro atoms. The van der Waals surface area contributed by atoms with Crippen LogP contribution in [0.3, 0.4) is 0 Å². The normalized spacial score (nSPS) is 11.7.